The van der Waals surface area contributed by atoms with Gasteiger partial charge in [-0.2, -0.15) is 10.5 Å². The van der Waals surface area contributed by atoms with Crippen LogP contribution in [0.5, 0.6) is 0 Å². The van der Waals surface area contributed by atoms with Crippen LogP contribution in [0.25, 0.3) is 11.4 Å². The van der Waals surface area contributed by atoms with E-state index in [1.54, 1.807) is 18.2 Å². The molecule has 0 atom stereocenters. The maximum absolute atomic E-state index is 8.86. The molecular weight excluding hydrogens is 262 g/mol. The van der Waals surface area contributed by atoms with Crippen LogP contribution in [0.4, 0.5) is 5.69 Å². The molecule has 0 aliphatic carbocycles. The first-order valence-electron chi connectivity index (χ1n) is 5.34. The Morgan fingerprint density at radius 3 is 2.63 bits per heavy atom. The van der Waals surface area contributed by atoms with Gasteiger partial charge in [0.15, 0.2) is 11.7 Å². The molecule has 92 valence electrons. The van der Waals surface area contributed by atoms with Crippen LogP contribution in [0.2, 0.25) is 5.02 Å². The first kappa shape index (κ1) is 12.8. The van der Waals surface area contributed by atoms with E-state index in [2.05, 4.69) is 9.97 Å². The predicted molar refractivity (Wildman–Crippen MR) is 70.9 cm³/mol. The van der Waals surface area contributed by atoms with Crippen molar-refractivity contribution in [1.29, 1.82) is 10.5 Å². The Morgan fingerprint density at radius 1 is 1.21 bits per heavy atom. The zero-order valence-corrected chi connectivity index (χ0v) is 10.5. The number of nitriles is 2. The standard InChI is InChI=1S/C13H8ClN5/c14-10-3-1-2-9(12(10)17)13-18-5-4-11(19-13)8(6-15)7-16/h1-5,8H,17H2. The molecule has 0 unspecified atom stereocenters. The smallest absolute Gasteiger partial charge is 0.175 e. The third-order valence-corrected chi connectivity index (χ3v) is 2.85. The highest BCUT2D eigenvalue weighted by Gasteiger charge is 2.14. The number of para-hydroxylation sites is 1. The average Bonchev–Trinajstić information content (AvgIpc) is 2.44. The topological polar surface area (TPSA) is 99.4 Å². The minimum Gasteiger partial charge on any atom is -0.397 e. The fourth-order valence-corrected chi connectivity index (χ4v) is 1.73. The number of nitrogen functional groups attached to an aromatic ring is 1. The number of aromatic nitrogens is 2. The molecule has 0 radical (unpaired) electrons. The van der Waals surface area contributed by atoms with Crippen molar-refractivity contribution in [3.63, 3.8) is 0 Å². The highest BCUT2D eigenvalue weighted by molar-refractivity contribution is 6.33. The van der Waals surface area contributed by atoms with Crippen molar-refractivity contribution < 1.29 is 0 Å². The van der Waals surface area contributed by atoms with Gasteiger partial charge in [0.1, 0.15) is 0 Å². The monoisotopic (exact) mass is 269 g/mol. The Bertz CT molecular complexity index is 685. The quantitative estimate of drug-likeness (QED) is 0.844. The molecule has 6 heteroatoms. The molecule has 0 aliphatic heterocycles. The number of hydrogen-bond donors (Lipinski definition) is 1. The molecule has 2 rings (SSSR count). The van der Waals surface area contributed by atoms with Crippen molar-refractivity contribution >= 4 is 17.3 Å². The van der Waals surface area contributed by atoms with E-state index in [0.717, 1.165) is 0 Å². The second-order valence-corrected chi connectivity index (χ2v) is 4.10. The van der Waals surface area contributed by atoms with Crippen LogP contribution >= 0.6 is 11.6 Å². The van der Waals surface area contributed by atoms with Crippen molar-refractivity contribution in [3.05, 3.63) is 41.2 Å². The summed E-state index contributed by atoms with van der Waals surface area (Å²) in [5, 5.41) is 18.1. The summed E-state index contributed by atoms with van der Waals surface area (Å²) < 4.78 is 0. The van der Waals surface area contributed by atoms with Gasteiger partial charge in [0.2, 0.25) is 0 Å². The second-order valence-electron chi connectivity index (χ2n) is 3.70. The van der Waals surface area contributed by atoms with Crippen LogP contribution in [-0.4, -0.2) is 9.97 Å². The highest BCUT2D eigenvalue weighted by atomic mass is 35.5. The van der Waals surface area contributed by atoms with Crippen molar-refractivity contribution in [1.82, 2.24) is 9.97 Å². The third-order valence-electron chi connectivity index (χ3n) is 2.52. The second kappa shape index (κ2) is 5.34. The van der Waals surface area contributed by atoms with E-state index in [1.807, 2.05) is 12.1 Å². The lowest BCUT2D eigenvalue weighted by Crippen LogP contribution is -2.01. The maximum Gasteiger partial charge on any atom is 0.175 e. The number of hydrogen-bond acceptors (Lipinski definition) is 5. The summed E-state index contributed by atoms with van der Waals surface area (Å²) in [6.45, 7) is 0. The summed E-state index contributed by atoms with van der Waals surface area (Å²) in [5.41, 5.74) is 7.15. The lowest BCUT2D eigenvalue weighted by molar-refractivity contribution is 0.988. The van der Waals surface area contributed by atoms with Gasteiger partial charge in [0, 0.05) is 11.8 Å². The lowest BCUT2D eigenvalue weighted by Gasteiger charge is -2.07. The molecule has 0 bridgehead atoms. The van der Waals surface area contributed by atoms with Gasteiger partial charge in [-0.05, 0) is 18.2 Å². The summed E-state index contributed by atoms with van der Waals surface area (Å²) in [5.74, 6) is -0.588. The van der Waals surface area contributed by atoms with Gasteiger partial charge < -0.3 is 5.73 Å². The highest BCUT2D eigenvalue weighted by Crippen LogP contribution is 2.29. The van der Waals surface area contributed by atoms with Crippen LogP contribution in [0.3, 0.4) is 0 Å². The number of halogens is 1. The summed E-state index contributed by atoms with van der Waals surface area (Å²) in [6.07, 6.45) is 1.49. The van der Waals surface area contributed by atoms with Gasteiger partial charge in [-0.3, -0.25) is 0 Å². The van der Waals surface area contributed by atoms with Crippen LogP contribution < -0.4 is 5.73 Å². The Hall–Kier alpha value is -2.63. The summed E-state index contributed by atoms with van der Waals surface area (Å²) >= 11 is 5.94. The van der Waals surface area contributed by atoms with E-state index in [1.165, 1.54) is 12.3 Å². The Morgan fingerprint density at radius 2 is 1.95 bits per heavy atom. The van der Waals surface area contributed by atoms with E-state index >= 15 is 0 Å². The maximum atomic E-state index is 8.86. The molecule has 0 saturated carbocycles. The largest absolute Gasteiger partial charge is 0.397 e. The Kier molecular flexibility index (Phi) is 3.61. The number of anilines is 1. The fraction of sp³-hybridized carbons (Fsp3) is 0.0769. The fourth-order valence-electron chi connectivity index (χ4n) is 1.56. The van der Waals surface area contributed by atoms with Gasteiger partial charge in [0.05, 0.1) is 28.5 Å². The molecule has 19 heavy (non-hydrogen) atoms. The van der Waals surface area contributed by atoms with Gasteiger partial charge in [-0.1, -0.05) is 17.7 Å². The molecular formula is C13H8ClN5. The van der Waals surface area contributed by atoms with Crippen molar-refractivity contribution in [2.45, 2.75) is 5.92 Å². The van der Waals surface area contributed by atoms with E-state index in [9.17, 15) is 0 Å². The van der Waals surface area contributed by atoms with Gasteiger partial charge in [-0.15, -0.1) is 0 Å². The third kappa shape index (κ3) is 2.47. The minimum absolute atomic E-state index is 0.341. The Balaban J connectivity index is 2.54. The zero-order valence-electron chi connectivity index (χ0n) is 9.71. The molecule has 0 amide bonds. The van der Waals surface area contributed by atoms with E-state index in [-0.39, 0.29) is 0 Å². The first-order valence-corrected chi connectivity index (χ1v) is 5.71. The molecule has 5 nitrogen and oxygen atoms in total. The van der Waals surface area contributed by atoms with Crippen molar-refractivity contribution in [2.24, 2.45) is 0 Å². The first-order chi connectivity index (χ1) is 9.17. The Labute approximate surface area is 114 Å². The van der Waals surface area contributed by atoms with Crippen LogP contribution in [-0.2, 0) is 0 Å². The molecule has 0 saturated heterocycles. The molecule has 1 heterocycles. The van der Waals surface area contributed by atoms with E-state index < -0.39 is 5.92 Å². The van der Waals surface area contributed by atoms with Gasteiger partial charge in [0.25, 0.3) is 0 Å². The van der Waals surface area contributed by atoms with Crippen molar-refractivity contribution in [3.8, 4) is 23.5 Å². The van der Waals surface area contributed by atoms with E-state index in [4.69, 9.17) is 27.9 Å². The summed E-state index contributed by atoms with van der Waals surface area (Å²) in [7, 11) is 0. The zero-order chi connectivity index (χ0) is 13.8. The normalized spacial score (nSPS) is 9.89. The van der Waals surface area contributed by atoms with Crippen LogP contribution in [0.15, 0.2) is 30.5 Å². The molecule has 0 spiro atoms. The molecule has 0 aliphatic rings. The number of nitrogens with zero attached hydrogens (tertiary/aromatic N) is 4. The van der Waals surface area contributed by atoms with Crippen LogP contribution in [0.1, 0.15) is 11.6 Å². The van der Waals surface area contributed by atoms with Crippen molar-refractivity contribution in [2.75, 3.05) is 5.73 Å². The number of nitrogens with two attached hydrogens (primary N) is 1. The molecule has 1 aromatic heterocycles. The van der Waals surface area contributed by atoms with E-state index in [0.29, 0.717) is 27.8 Å². The average molecular weight is 270 g/mol. The summed E-state index contributed by atoms with van der Waals surface area (Å²) in [6, 6.07) is 10.4. The molecule has 2 aromatic rings. The lowest BCUT2D eigenvalue weighted by atomic mass is 10.1. The number of rotatable bonds is 2. The molecule has 0 fully saturated rings. The van der Waals surface area contributed by atoms with Crippen LogP contribution in [0, 0.1) is 22.7 Å². The molecule has 1 aromatic carbocycles. The van der Waals surface area contributed by atoms with Gasteiger partial charge in [-0.25, -0.2) is 9.97 Å². The summed E-state index contributed by atoms with van der Waals surface area (Å²) in [4.78, 5) is 8.29. The minimum atomic E-state index is -0.929. The predicted octanol–water partition coefficient (Wildman–Crippen LogP) is 2.51. The number of benzene rings is 1. The van der Waals surface area contributed by atoms with Gasteiger partial charge >= 0.3 is 0 Å². The molecule has 2 N–H and O–H groups in total. The SMILES string of the molecule is N#CC(C#N)c1ccnc(-c2cccc(Cl)c2N)n1.